The van der Waals surface area contributed by atoms with Crippen molar-refractivity contribution in [2.24, 2.45) is 0 Å². The SMILES string of the molecule is COc1ccc(C)cc1N/C=C(/C#N)C(=O)NC(CCSC)C(=O)O. The molecule has 0 radical (unpaired) electrons. The van der Waals surface area contributed by atoms with Gasteiger partial charge in [0, 0.05) is 6.20 Å². The molecule has 0 aliphatic rings. The Morgan fingerprint density at radius 3 is 2.76 bits per heavy atom. The second-order valence-corrected chi connectivity index (χ2v) is 6.15. The molecule has 0 aliphatic carbocycles. The van der Waals surface area contributed by atoms with Crippen LogP contribution in [0, 0.1) is 18.3 Å². The Labute approximate surface area is 151 Å². The van der Waals surface area contributed by atoms with Gasteiger partial charge in [0.1, 0.15) is 23.4 Å². The van der Waals surface area contributed by atoms with Crippen LogP contribution in [0.25, 0.3) is 0 Å². The minimum absolute atomic E-state index is 0.223. The molecule has 1 aromatic carbocycles. The number of rotatable bonds is 9. The van der Waals surface area contributed by atoms with Crippen molar-refractivity contribution in [3.05, 3.63) is 35.5 Å². The molecule has 1 rings (SSSR count). The van der Waals surface area contributed by atoms with E-state index in [9.17, 15) is 14.9 Å². The number of nitrogens with one attached hydrogen (secondary N) is 2. The summed E-state index contributed by atoms with van der Waals surface area (Å²) in [4.78, 5) is 23.3. The van der Waals surface area contributed by atoms with Crippen LogP contribution in [-0.2, 0) is 9.59 Å². The fourth-order valence-electron chi connectivity index (χ4n) is 1.96. The van der Waals surface area contributed by atoms with Crippen LogP contribution < -0.4 is 15.4 Å². The third kappa shape index (κ3) is 6.39. The first kappa shape index (κ1) is 20.4. The molecule has 25 heavy (non-hydrogen) atoms. The molecule has 3 N–H and O–H groups in total. The van der Waals surface area contributed by atoms with Gasteiger partial charge < -0.3 is 20.5 Å². The summed E-state index contributed by atoms with van der Waals surface area (Å²) in [5.41, 5.74) is 1.35. The number of carbonyl (C=O) groups excluding carboxylic acids is 1. The van der Waals surface area contributed by atoms with E-state index in [2.05, 4.69) is 10.6 Å². The lowest BCUT2D eigenvalue weighted by Crippen LogP contribution is -2.41. The van der Waals surface area contributed by atoms with Gasteiger partial charge in [0.15, 0.2) is 0 Å². The van der Waals surface area contributed by atoms with Crippen molar-refractivity contribution in [1.82, 2.24) is 5.32 Å². The van der Waals surface area contributed by atoms with Crippen LogP contribution in [0.4, 0.5) is 5.69 Å². The first-order valence-electron chi connectivity index (χ1n) is 7.47. The Bertz CT molecular complexity index is 698. The molecule has 7 nitrogen and oxygen atoms in total. The molecule has 0 fully saturated rings. The normalized spacial score (nSPS) is 12.0. The van der Waals surface area contributed by atoms with Crippen LogP contribution in [0.1, 0.15) is 12.0 Å². The summed E-state index contributed by atoms with van der Waals surface area (Å²) in [7, 11) is 1.51. The van der Waals surface area contributed by atoms with Crippen LogP contribution >= 0.6 is 11.8 Å². The molecular formula is C17H21N3O4S. The van der Waals surface area contributed by atoms with E-state index in [1.54, 1.807) is 18.2 Å². The molecule has 0 aromatic heterocycles. The van der Waals surface area contributed by atoms with Crippen molar-refractivity contribution in [2.75, 3.05) is 24.4 Å². The number of nitriles is 1. The van der Waals surface area contributed by atoms with E-state index in [-0.39, 0.29) is 12.0 Å². The van der Waals surface area contributed by atoms with Crippen molar-refractivity contribution in [2.45, 2.75) is 19.4 Å². The van der Waals surface area contributed by atoms with E-state index in [1.165, 1.54) is 25.1 Å². The lowest BCUT2D eigenvalue weighted by molar-refractivity contribution is -0.141. The standard InChI is InChI=1S/C17H21N3O4S/c1-11-4-5-15(24-2)14(8-11)19-10-12(9-18)16(21)20-13(17(22)23)6-7-25-3/h4-5,8,10,13,19H,6-7H2,1-3H3,(H,20,21)(H,22,23)/b12-10-. The summed E-state index contributed by atoms with van der Waals surface area (Å²) in [5, 5.41) is 23.6. The van der Waals surface area contributed by atoms with Gasteiger partial charge in [-0.3, -0.25) is 4.79 Å². The largest absolute Gasteiger partial charge is 0.495 e. The maximum Gasteiger partial charge on any atom is 0.326 e. The Kier molecular flexibility index (Phi) is 8.36. The number of aryl methyl sites for hydroxylation is 1. The first-order valence-corrected chi connectivity index (χ1v) is 8.86. The molecule has 1 aromatic rings. The molecule has 1 unspecified atom stereocenters. The quantitative estimate of drug-likeness (QED) is 0.455. The predicted octanol–water partition coefficient (Wildman–Crippen LogP) is 2.15. The van der Waals surface area contributed by atoms with Crippen LogP contribution in [0.2, 0.25) is 0 Å². The maximum absolute atomic E-state index is 12.2. The number of ether oxygens (including phenoxy) is 1. The third-order valence-corrected chi connectivity index (χ3v) is 3.95. The third-order valence-electron chi connectivity index (χ3n) is 3.31. The number of carboxylic acid groups (broad SMARTS) is 1. The molecule has 0 spiro atoms. The topological polar surface area (TPSA) is 111 Å². The zero-order valence-corrected chi connectivity index (χ0v) is 15.1. The van der Waals surface area contributed by atoms with Crippen molar-refractivity contribution >= 4 is 29.3 Å². The highest BCUT2D eigenvalue weighted by Gasteiger charge is 2.21. The van der Waals surface area contributed by atoms with Gasteiger partial charge in [-0.1, -0.05) is 6.07 Å². The predicted molar refractivity (Wildman–Crippen MR) is 97.6 cm³/mol. The molecule has 8 heteroatoms. The summed E-state index contributed by atoms with van der Waals surface area (Å²) >= 11 is 1.48. The summed E-state index contributed by atoms with van der Waals surface area (Å²) in [6.45, 7) is 1.90. The van der Waals surface area contributed by atoms with Gasteiger partial charge in [-0.15, -0.1) is 0 Å². The van der Waals surface area contributed by atoms with E-state index < -0.39 is 17.9 Å². The highest BCUT2D eigenvalue weighted by molar-refractivity contribution is 7.98. The van der Waals surface area contributed by atoms with Gasteiger partial charge in [0.25, 0.3) is 5.91 Å². The smallest absolute Gasteiger partial charge is 0.326 e. The summed E-state index contributed by atoms with van der Waals surface area (Å²) < 4.78 is 5.21. The van der Waals surface area contributed by atoms with Crippen LogP contribution in [0.3, 0.4) is 0 Å². The van der Waals surface area contributed by atoms with E-state index in [1.807, 2.05) is 19.2 Å². The molecular weight excluding hydrogens is 342 g/mol. The monoisotopic (exact) mass is 363 g/mol. The number of benzene rings is 1. The average Bonchev–Trinajstić information content (AvgIpc) is 2.59. The second kappa shape index (κ2) is 10.3. The van der Waals surface area contributed by atoms with Gasteiger partial charge in [-0.05, 0) is 43.0 Å². The summed E-state index contributed by atoms with van der Waals surface area (Å²) in [5.74, 6) is -0.729. The number of amides is 1. The van der Waals surface area contributed by atoms with Gasteiger partial charge in [0.2, 0.25) is 0 Å². The van der Waals surface area contributed by atoms with E-state index in [0.717, 1.165) is 5.56 Å². The average molecular weight is 363 g/mol. The summed E-state index contributed by atoms with van der Waals surface area (Å²) in [6, 6.07) is 6.18. The molecule has 0 saturated carbocycles. The zero-order valence-electron chi connectivity index (χ0n) is 14.3. The number of nitrogens with zero attached hydrogens (tertiary/aromatic N) is 1. The highest BCUT2D eigenvalue weighted by Crippen LogP contribution is 2.25. The number of hydrogen-bond acceptors (Lipinski definition) is 6. The van der Waals surface area contributed by atoms with Crippen molar-refractivity contribution in [3.63, 3.8) is 0 Å². The van der Waals surface area contributed by atoms with Gasteiger partial charge in [-0.2, -0.15) is 17.0 Å². The number of anilines is 1. The Morgan fingerprint density at radius 2 is 2.20 bits per heavy atom. The molecule has 0 heterocycles. The number of carboxylic acids is 1. The van der Waals surface area contributed by atoms with Gasteiger partial charge in [0.05, 0.1) is 12.8 Å². The number of carbonyl (C=O) groups is 2. The Morgan fingerprint density at radius 1 is 1.48 bits per heavy atom. The van der Waals surface area contributed by atoms with Crippen LogP contribution in [-0.4, -0.2) is 42.1 Å². The highest BCUT2D eigenvalue weighted by atomic mass is 32.2. The van der Waals surface area contributed by atoms with Gasteiger partial charge >= 0.3 is 5.97 Å². The second-order valence-electron chi connectivity index (χ2n) is 5.16. The minimum Gasteiger partial charge on any atom is -0.495 e. The molecule has 0 saturated heterocycles. The van der Waals surface area contributed by atoms with Gasteiger partial charge in [-0.25, -0.2) is 4.79 Å². The molecule has 0 aliphatic heterocycles. The van der Waals surface area contributed by atoms with Crippen LogP contribution in [0.5, 0.6) is 5.75 Å². The number of thioether (sulfide) groups is 1. The minimum atomic E-state index is -1.13. The fourth-order valence-corrected chi connectivity index (χ4v) is 2.43. The molecule has 1 atom stereocenters. The molecule has 1 amide bonds. The van der Waals surface area contributed by atoms with E-state index in [4.69, 9.17) is 9.84 Å². The van der Waals surface area contributed by atoms with Crippen LogP contribution in [0.15, 0.2) is 30.0 Å². The first-order chi connectivity index (χ1) is 11.9. The van der Waals surface area contributed by atoms with E-state index >= 15 is 0 Å². The number of methoxy groups -OCH3 is 1. The Balaban J connectivity index is 2.88. The number of hydrogen-bond donors (Lipinski definition) is 3. The Hall–Kier alpha value is -2.66. The van der Waals surface area contributed by atoms with Crippen molar-refractivity contribution < 1.29 is 19.4 Å². The zero-order chi connectivity index (χ0) is 18.8. The lowest BCUT2D eigenvalue weighted by Gasteiger charge is -2.14. The lowest BCUT2D eigenvalue weighted by atomic mass is 10.2. The van der Waals surface area contributed by atoms with Crippen molar-refractivity contribution in [3.8, 4) is 11.8 Å². The number of aliphatic carboxylic acids is 1. The van der Waals surface area contributed by atoms with E-state index in [0.29, 0.717) is 17.2 Å². The molecule has 134 valence electrons. The summed E-state index contributed by atoms with van der Waals surface area (Å²) in [6.07, 6.45) is 3.36. The maximum atomic E-state index is 12.2. The van der Waals surface area contributed by atoms with Crippen molar-refractivity contribution in [1.29, 1.82) is 5.26 Å². The fraction of sp³-hybridized carbons (Fsp3) is 0.353. The molecule has 0 bridgehead atoms.